The first-order chi connectivity index (χ1) is 11.6. The molecule has 0 aliphatic carbocycles. The Morgan fingerprint density at radius 2 is 1.12 bits per heavy atom. The fourth-order valence-corrected chi connectivity index (χ4v) is 18.4. The average Bonchev–Trinajstić information content (AvgIpc) is 2.48. The Bertz CT molecular complexity index is 509. The largest absolute Gasteiger partial charge is 0.275 e. The molecule has 0 spiro atoms. The van der Waals surface area contributed by atoms with Gasteiger partial charge >= 0.3 is 0 Å². The molecule has 0 bridgehead atoms. The lowest BCUT2D eigenvalue weighted by molar-refractivity contribution is 0.571. The third-order valence-electron chi connectivity index (χ3n) is 5.61. The van der Waals surface area contributed by atoms with Gasteiger partial charge in [0.15, 0.2) is 6.71 Å². The van der Waals surface area contributed by atoms with E-state index in [9.17, 15) is 0 Å². The summed E-state index contributed by atoms with van der Waals surface area (Å²) in [5.41, 5.74) is 2.76. The lowest BCUT2D eigenvalue weighted by atomic mass is 9.45. The number of nitrogens with zero attached hydrogens (tertiary/aromatic N) is 4. The van der Waals surface area contributed by atoms with Crippen LogP contribution in [-0.2, 0) is 0 Å². The van der Waals surface area contributed by atoms with Crippen LogP contribution < -0.4 is 0 Å². The molecule has 0 saturated heterocycles. The summed E-state index contributed by atoms with van der Waals surface area (Å²) < 4.78 is 10.2. The van der Waals surface area contributed by atoms with Gasteiger partial charge in [-0.15, -0.1) is 0 Å². The lowest BCUT2D eigenvalue weighted by Gasteiger charge is -2.58. The van der Waals surface area contributed by atoms with Crippen LogP contribution in [0.4, 0.5) is 0 Å². The first kappa shape index (κ1) is 23.5. The summed E-state index contributed by atoms with van der Waals surface area (Å²) in [6, 6.07) is 0. The Hall–Kier alpha value is 0.505. The maximum absolute atomic E-state index is 2.76. The highest BCUT2D eigenvalue weighted by molar-refractivity contribution is 8.24. The van der Waals surface area contributed by atoms with E-state index in [-0.39, 0.29) is 0 Å². The molecule has 0 amide bonds. The molecule has 0 aromatic carbocycles. The molecule has 148 valence electrons. The number of hydrogen-bond acceptors (Lipinski definition) is 4. The van der Waals surface area contributed by atoms with E-state index in [1.54, 1.807) is 0 Å². The third kappa shape index (κ3) is 4.18. The normalized spacial score (nSPS) is 18.9. The number of unbranched alkanes of at least 4 members (excludes halogenated alkanes) is 2. The molecule has 0 aromatic rings. The monoisotopic (exact) mass is 388 g/mol. The Kier molecular flexibility index (Phi) is 9.06. The topological polar surface area (TPSA) is 13.0 Å². The average molecular weight is 388 g/mol. The molecule has 1 aliphatic rings. The summed E-state index contributed by atoms with van der Waals surface area (Å²) in [5.74, 6) is 0. The summed E-state index contributed by atoms with van der Waals surface area (Å²) >= 11 is 0. The highest BCUT2D eigenvalue weighted by Crippen LogP contribution is 2.76. The lowest BCUT2D eigenvalue weighted by Crippen LogP contribution is -2.47. The van der Waals surface area contributed by atoms with E-state index in [0.29, 0.717) is 0 Å². The van der Waals surface area contributed by atoms with Crippen molar-refractivity contribution in [1.82, 2.24) is 18.7 Å². The van der Waals surface area contributed by atoms with Gasteiger partial charge in [-0.1, -0.05) is 52.2 Å². The molecule has 1 rings (SSSR count). The van der Waals surface area contributed by atoms with Crippen LogP contribution in [0, 0.1) is 0 Å². The molecule has 7 heteroatoms. The predicted molar refractivity (Wildman–Crippen MR) is 125 cm³/mol. The van der Waals surface area contributed by atoms with Gasteiger partial charge in [-0.3, -0.25) is 18.7 Å². The van der Waals surface area contributed by atoms with Crippen molar-refractivity contribution in [3.05, 3.63) is 0 Å². The predicted octanol–water partition coefficient (Wildman–Crippen LogP) is 4.47. The van der Waals surface area contributed by atoms with Crippen LogP contribution >= 0.6 is 14.4 Å². The zero-order valence-corrected chi connectivity index (χ0v) is 20.4. The molecule has 0 atom stereocenters. The van der Waals surface area contributed by atoms with Crippen LogP contribution in [0.1, 0.15) is 39.5 Å². The van der Waals surface area contributed by atoms with Crippen molar-refractivity contribution in [3.63, 3.8) is 0 Å². The molecule has 0 radical (unpaired) electrons. The standard InChI is InChI=1S/C18H43BN4P2/c1-11-13-15-19(16-14-12-2)18-24(20(3)4,21(5)6)17-25(18,22(7)8)23(9)10/h17H,11-16H2,1-10H3. The van der Waals surface area contributed by atoms with Crippen molar-refractivity contribution in [2.75, 3.05) is 56.4 Å². The van der Waals surface area contributed by atoms with Crippen molar-refractivity contribution >= 4 is 31.6 Å². The van der Waals surface area contributed by atoms with E-state index in [2.05, 4.69) is 94.4 Å². The van der Waals surface area contributed by atoms with Crippen molar-refractivity contribution in [2.45, 2.75) is 52.2 Å². The molecule has 0 unspecified atom stereocenters. The van der Waals surface area contributed by atoms with Crippen molar-refractivity contribution in [1.29, 1.82) is 0 Å². The van der Waals surface area contributed by atoms with Gasteiger partial charge in [0.05, 0.1) is 0 Å². The maximum atomic E-state index is 2.76. The van der Waals surface area contributed by atoms with E-state index >= 15 is 0 Å². The van der Waals surface area contributed by atoms with Gasteiger partial charge < -0.3 is 0 Å². The molecular weight excluding hydrogens is 345 g/mol. The minimum absolute atomic E-state index is 0.751. The summed E-state index contributed by atoms with van der Waals surface area (Å²) in [6.07, 6.45) is 7.99. The van der Waals surface area contributed by atoms with E-state index < -0.39 is 14.4 Å². The fourth-order valence-electron chi connectivity index (χ4n) is 4.29. The van der Waals surface area contributed by atoms with Gasteiger partial charge in [0.1, 0.15) is 0 Å². The van der Waals surface area contributed by atoms with Crippen LogP contribution in [0.5, 0.6) is 0 Å². The number of hydrogen-bond donors (Lipinski definition) is 0. The van der Waals surface area contributed by atoms with Crippen LogP contribution in [0.25, 0.3) is 0 Å². The molecule has 25 heavy (non-hydrogen) atoms. The van der Waals surface area contributed by atoms with E-state index in [0.717, 1.165) is 6.71 Å². The van der Waals surface area contributed by atoms with E-state index in [1.807, 2.05) is 4.93 Å². The summed E-state index contributed by atoms with van der Waals surface area (Å²) in [7, 11) is 15.4. The highest BCUT2D eigenvalue weighted by Gasteiger charge is 2.49. The second-order valence-electron chi connectivity index (χ2n) is 8.14. The quantitative estimate of drug-likeness (QED) is 0.383. The Morgan fingerprint density at radius 3 is 1.40 bits per heavy atom. The molecule has 0 N–H and O–H groups in total. The van der Waals surface area contributed by atoms with Gasteiger partial charge in [-0.2, -0.15) is 0 Å². The Labute approximate surface area is 159 Å². The Balaban J connectivity index is 3.61. The smallest absolute Gasteiger partial charge is 0.183 e. The van der Waals surface area contributed by atoms with Crippen molar-refractivity contribution < 1.29 is 0 Å². The third-order valence-corrected chi connectivity index (χ3v) is 16.9. The van der Waals surface area contributed by atoms with E-state index in [4.69, 9.17) is 0 Å². The fraction of sp³-hybridized carbons (Fsp3) is 0.889. The second-order valence-corrected chi connectivity index (χ2v) is 16.2. The van der Waals surface area contributed by atoms with Gasteiger partial charge in [-0.25, -0.2) is 0 Å². The van der Waals surface area contributed by atoms with Crippen LogP contribution in [0.2, 0.25) is 12.6 Å². The minimum Gasteiger partial charge on any atom is -0.275 e. The van der Waals surface area contributed by atoms with Crippen molar-refractivity contribution in [3.8, 4) is 0 Å². The molecular formula is C18H43BN4P2. The first-order valence-electron chi connectivity index (χ1n) is 9.86. The Morgan fingerprint density at radius 1 is 0.720 bits per heavy atom. The maximum Gasteiger partial charge on any atom is 0.183 e. The summed E-state index contributed by atoms with van der Waals surface area (Å²) in [4.78, 5) is 1.88. The zero-order valence-electron chi connectivity index (χ0n) is 18.6. The summed E-state index contributed by atoms with van der Waals surface area (Å²) in [5, 5.41) is 0. The molecule has 0 fully saturated rings. The highest BCUT2D eigenvalue weighted by atomic mass is 31.2. The van der Waals surface area contributed by atoms with Gasteiger partial charge in [0, 0.05) is 14.4 Å². The van der Waals surface area contributed by atoms with Gasteiger partial charge in [0.25, 0.3) is 0 Å². The SMILES string of the molecule is CCCCB(CCCC)C1=P(N(C)C)(N(C)C)C=P1(N(C)C)N(C)C. The number of rotatable bonds is 11. The van der Waals surface area contributed by atoms with Gasteiger partial charge in [0.2, 0.25) is 0 Å². The molecule has 0 aromatic heterocycles. The zero-order chi connectivity index (χ0) is 19.4. The molecule has 1 heterocycles. The first-order valence-corrected chi connectivity index (χ1v) is 13.4. The van der Waals surface area contributed by atoms with Crippen molar-refractivity contribution in [2.24, 2.45) is 0 Å². The van der Waals surface area contributed by atoms with Crippen LogP contribution in [0.3, 0.4) is 0 Å². The molecule has 4 nitrogen and oxygen atoms in total. The summed E-state index contributed by atoms with van der Waals surface area (Å²) in [6.45, 7) is 5.41. The minimum atomic E-state index is -1.47. The molecule has 0 saturated carbocycles. The second kappa shape index (κ2) is 9.62. The van der Waals surface area contributed by atoms with Gasteiger partial charge in [-0.05, 0) is 66.9 Å². The van der Waals surface area contributed by atoms with Crippen LogP contribution in [-0.4, -0.2) is 92.2 Å². The van der Waals surface area contributed by atoms with Crippen LogP contribution in [0.15, 0.2) is 0 Å². The van der Waals surface area contributed by atoms with E-state index in [1.165, 1.54) is 38.3 Å². The molecule has 1 aliphatic heterocycles.